The molecule has 0 saturated carbocycles. The number of unbranched alkanes of at least 4 members (excludes halogenated alkanes) is 3. The predicted molar refractivity (Wildman–Crippen MR) is 85.5 cm³/mol. The minimum atomic E-state index is 0.258. The number of hydrogen-bond donors (Lipinski definition) is 2. The lowest BCUT2D eigenvalue weighted by Crippen LogP contribution is -2.04. The van der Waals surface area contributed by atoms with Crippen LogP contribution < -0.4 is 5.32 Å². The Labute approximate surface area is 129 Å². The quantitative estimate of drug-likeness (QED) is 0.765. The summed E-state index contributed by atoms with van der Waals surface area (Å²) in [6.45, 7) is 1.07. The van der Waals surface area contributed by atoms with Gasteiger partial charge in [0.05, 0.1) is 17.1 Å². The van der Waals surface area contributed by atoms with Gasteiger partial charge >= 0.3 is 0 Å². The highest BCUT2D eigenvalue weighted by Crippen LogP contribution is 2.23. The van der Waals surface area contributed by atoms with Crippen LogP contribution in [-0.4, -0.2) is 23.2 Å². The molecule has 0 radical (unpaired) electrons. The molecule has 0 aliphatic rings. The van der Waals surface area contributed by atoms with E-state index in [0.29, 0.717) is 16.4 Å². The highest BCUT2D eigenvalue weighted by Gasteiger charge is 2.06. The summed E-state index contributed by atoms with van der Waals surface area (Å²) < 4.78 is 0. The van der Waals surface area contributed by atoms with Crippen molar-refractivity contribution >= 4 is 28.3 Å². The Morgan fingerprint density at radius 2 is 2.00 bits per heavy atom. The molecule has 2 rings (SSSR count). The van der Waals surface area contributed by atoms with Crippen LogP contribution in [0.5, 0.6) is 0 Å². The van der Waals surface area contributed by atoms with Gasteiger partial charge in [-0.3, -0.25) is 0 Å². The van der Waals surface area contributed by atoms with E-state index in [2.05, 4.69) is 16.4 Å². The molecule has 0 saturated heterocycles. The highest BCUT2D eigenvalue weighted by molar-refractivity contribution is 6.31. The second-order valence-corrected chi connectivity index (χ2v) is 5.33. The van der Waals surface area contributed by atoms with E-state index in [4.69, 9.17) is 16.7 Å². The van der Waals surface area contributed by atoms with Crippen molar-refractivity contribution in [1.82, 2.24) is 4.98 Å². The predicted octanol–water partition coefficient (Wildman–Crippen LogP) is 3.72. The zero-order chi connectivity index (χ0) is 15.1. The van der Waals surface area contributed by atoms with Crippen LogP contribution in [0.3, 0.4) is 0 Å². The molecule has 0 unspecified atom stereocenters. The summed E-state index contributed by atoms with van der Waals surface area (Å²) in [7, 11) is 0. The van der Waals surface area contributed by atoms with Crippen LogP contribution in [0.4, 0.5) is 5.82 Å². The van der Waals surface area contributed by atoms with E-state index in [1.807, 2.05) is 6.07 Å². The number of aliphatic hydroxyl groups excluding tert-OH is 1. The maximum absolute atomic E-state index is 9.25. The molecule has 1 aromatic carbocycles. The number of benzene rings is 1. The van der Waals surface area contributed by atoms with Gasteiger partial charge in [-0.2, -0.15) is 5.26 Å². The average Bonchev–Trinajstić information content (AvgIpc) is 2.50. The molecular formula is C16H18ClN3O. The van der Waals surface area contributed by atoms with Gasteiger partial charge in [0, 0.05) is 23.6 Å². The first-order valence-electron chi connectivity index (χ1n) is 7.09. The van der Waals surface area contributed by atoms with Crippen molar-refractivity contribution in [2.24, 2.45) is 0 Å². The lowest BCUT2D eigenvalue weighted by molar-refractivity contribution is 0.283. The maximum atomic E-state index is 9.25. The second-order valence-electron chi connectivity index (χ2n) is 4.89. The Bertz CT molecular complexity index is 652. The van der Waals surface area contributed by atoms with Crippen molar-refractivity contribution in [3.8, 4) is 6.07 Å². The number of aliphatic hydroxyl groups is 1. The Morgan fingerprint density at radius 1 is 1.19 bits per heavy atom. The molecule has 0 spiro atoms. The fourth-order valence-electron chi connectivity index (χ4n) is 2.19. The molecule has 1 heterocycles. The zero-order valence-electron chi connectivity index (χ0n) is 11.8. The molecule has 0 fully saturated rings. The van der Waals surface area contributed by atoms with E-state index in [9.17, 15) is 5.26 Å². The van der Waals surface area contributed by atoms with E-state index < -0.39 is 0 Å². The molecule has 2 N–H and O–H groups in total. The third-order valence-electron chi connectivity index (χ3n) is 3.28. The number of halogens is 1. The molecule has 110 valence electrons. The molecule has 1 aromatic heterocycles. The van der Waals surface area contributed by atoms with Gasteiger partial charge in [-0.25, -0.2) is 4.98 Å². The van der Waals surface area contributed by atoms with E-state index in [-0.39, 0.29) is 6.61 Å². The van der Waals surface area contributed by atoms with E-state index in [0.717, 1.165) is 43.1 Å². The van der Waals surface area contributed by atoms with Gasteiger partial charge in [0.1, 0.15) is 5.82 Å². The summed E-state index contributed by atoms with van der Waals surface area (Å²) in [5, 5.41) is 22.6. The number of anilines is 1. The number of rotatable bonds is 7. The van der Waals surface area contributed by atoms with Crippen LogP contribution >= 0.6 is 11.6 Å². The van der Waals surface area contributed by atoms with Crippen LogP contribution in [0.15, 0.2) is 24.3 Å². The topological polar surface area (TPSA) is 68.9 Å². The second kappa shape index (κ2) is 7.82. The fourth-order valence-corrected chi connectivity index (χ4v) is 2.36. The van der Waals surface area contributed by atoms with Gasteiger partial charge in [0.25, 0.3) is 0 Å². The molecule has 5 heteroatoms. The SMILES string of the molecule is N#Cc1cc(NCCCCCCO)nc2ccc(Cl)cc12. The largest absolute Gasteiger partial charge is 0.396 e. The first-order valence-corrected chi connectivity index (χ1v) is 7.47. The molecule has 2 aromatic rings. The maximum Gasteiger partial charge on any atom is 0.127 e. The third kappa shape index (κ3) is 4.32. The normalized spacial score (nSPS) is 10.5. The summed E-state index contributed by atoms with van der Waals surface area (Å²) in [5.74, 6) is 0.712. The number of nitrogens with one attached hydrogen (secondary N) is 1. The fraction of sp³-hybridized carbons (Fsp3) is 0.375. The molecule has 4 nitrogen and oxygen atoms in total. The summed E-state index contributed by atoms with van der Waals surface area (Å²) in [4.78, 5) is 4.50. The van der Waals surface area contributed by atoms with Gasteiger partial charge < -0.3 is 10.4 Å². The summed E-state index contributed by atoms with van der Waals surface area (Å²) in [5.41, 5.74) is 1.34. The Balaban J connectivity index is 2.04. The first-order chi connectivity index (χ1) is 10.2. The smallest absolute Gasteiger partial charge is 0.127 e. The van der Waals surface area contributed by atoms with Crippen LogP contribution in [0.2, 0.25) is 5.02 Å². The molecule has 0 bridgehead atoms. The highest BCUT2D eigenvalue weighted by atomic mass is 35.5. The van der Waals surface area contributed by atoms with Crippen LogP contribution in [0, 0.1) is 11.3 Å². The zero-order valence-corrected chi connectivity index (χ0v) is 12.5. The van der Waals surface area contributed by atoms with Crippen LogP contribution in [0.1, 0.15) is 31.2 Å². The van der Waals surface area contributed by atoms with Gasteiger partial charge in [-0.15, -0.1) is 0 Å². The van der Waals surface area contributed by atoms with Crippen molar-refractivity contribution in [3.63, 3.8) is 0 Å². The van der Waals surface area contributed by atoms with E-state index >= 15 is 0 Å². The minimum absolute atomic E-state index is 0.258. The van der Waals surface area contributed by atoms with Crippen molar-refractivity contribution < 1.29 is 5.11 Å². The molecule has 0 amide bonds. The Hall–Kier alpha value is -1.83. The number of nitrogens with zero attached hydrogens (tertiary/aromatic N) is 2. The van der Waals surface area contributed by atoms with Crippen molar-refractivity contribution in [3.05, 3.63) is 34.9 Å². The van der Waals surface area contributed by atoms with Crippen LogP contribution in [-0.2, 0) is 0 Å². The van der Waals surface area contributed by atoms with Gasteiger partial charge in [-0.05, 0) is 37.1 Å². The first kappa shape index (κ1) is 15.6. The van der Waals surface area contributed by atoms with E-state index in [1.54, 1.807) is 18.2 Å². The van der Waals surface area contributed by atoms with E-state index in [1.165, 1.54) is 0 Å². The number of pyridine rings is 1. The Kier molecular flexibility index (Phi) is 5.79. The molecule has 0 atom stereocenters. The molecule has 21 heavy (non-hydrogen) atoms. The summed E-state index contributed by atoms with van der Waals surface area (Å²) in [6, 6.07) is 9.31. The summed E-state index contributed by atoms with van der Waals surface area (Å²) in [6.07, 6.45) is 3.98. The standard InChI is InChI=1S/C16H18ClN3O/c17-13-5-6-15-14(10-13)12(11-18)9-16(20-15)19-7-3-1-2-4-8-21/h5-6,9-10,21H,1-4,7-8H2,(H,19,20). The van der Waals surface area contributed by atoms with Gasteiger partial charge in [-0.1, -0.05) is 24.4 Å². The van der Waals surface area contributed by atoms with Crippen molar-refractivity contribution in [2.75, 3.05) is 18.5 Å². The number of nitriles is 1. The van der Waals surface area contributed by atoms with Gasteiger partial charge in [0.2, 0.25) is 0 Å². The monoisotopic (exact) mass is 303 g/mol. The minimum Gasteiger partial charge on any atom is -0.396 e. The third-order valence-corrected chi connectivity index (χ3v) is 3.52. The molecule has 0 aliphatic heterocycles. The average molecular weight is 304 g/mol. The number of fused-ring (bicyclic) bond motifs is 1. The lowest BCUT2D eigenvalue weighted by Gasteiger charge is -2.08. The summed E-state index contributed by atoms with van der Waals surface area (Å²) >= 11 is 5.96. The van der Waals surface area contributed by atoms with Crippen molar-refractivity contribution in [2.45, 2.75) is 25.7 Å². The van der Waals surface area contributed by atoms with Gasteiger partial charge in [0.15, 0.2) is 0 Å². The van der Waals surface area contributed by atoms with Crippen LogP contribution in [0.25, 0.3) is 10.9 Å². The van der Waals surface area contributed by atoms with Crippen molar-refractivity contribution in [1.29, 1.82) is 5.26 Å². The Morgan fingerprint density at radius 3 is 2.76 bits per heavy atom. The number of hydrogen-bond acceptors (Lipinski definition) is 4. The number of aromatic nitrogens is 1. The lowest BCUT2D eigenvalue weighted by atomic mass is 10.1. The molecule has 0 aliphatic carbocycles. The molecular weight excluding hydrogens is 286 g/mol.